The first-order valence-electron chi connectivity index (χ1n) is 14.1. The highest BCUT2D eigenvalue weighted by atomic mass is 32.2. The number of thiol groups is 1. The Morgan fingerprint density at radius 2 is 1.60 bits per heavy atom. The first-order valence-corrected chi connectivity index (χ1v) is 16.7. The Labute approximate surface area is 256 Å². The van der Waals surface area contributed by atoms with Crippen LogP contribution in [0, 0.1) is 11.8 Å². The van der Waals surface area contributed by atoms with E-state index in [0.29, 0.717) is 32.2 Å². The molecule has 0 aromatic heterocycles. The van der Waals surface area contributed by atoms with Crippen molar-refractivity contribution in [1.82, 2.24) is 4.72 Å². The molecule has 0 saturated heterocycles. The summed E-state index contributed by atoms with van der Waals surface area (Å²) in [7, 11) is -6.91. The van der Waals surface area contributed by atoms with E-state index in [9.17, 15) is 21.6 Å². The molecule has 0 aliphatic carbocycles. The van der Waals surface area contributed by atoms with E-state index in [1.54, 1.807) is 36.4 Å². The van der Waals surface area contributed by atoms with E-state index >= 15 is 0 Å². The third-order valence-corrected chi connectivity index (χ3v) is 8.63. The summed E-state index contributed by atoms with van der Waals surface area (Å²) in [5, 5.41) is 0. The highest BCUT2D eigenvalue weighted by molar-refractivity contribution is 7.86. The van der Waals surface area contributed by atoms with Gasteiger partial charge in [-0.1, -0.05) is 86.2 Å². The van der Waals surface area contributed by atoms with Gasteiger partial charge in [0.2, 0.25) is 10.9 Å². The second-order valence-electron chi connectivity index (χ2n) is 10.0. The smallest absolute Gasteiger partial charge is 0.327 e. The fourth-order valence-corrected chi connectivity index (χ4v) is 5.90. The van der Waals surface area contributed by atoms with Crippen LogP contribution in [0.5, 0.6) is 0 Å². The molecule has 0 saturated carbocycles. The van der Waals surface area contributed by atoms with Crippen molar-refractivity contribution in [3.8, 4) is 11.8 Å². The zero-order chi connectivity index (χ0) is 31.1. The lowest BCUT2D eigenvalue weighted by Crippen LogP contribution is -2.54. The molecule has 11 heteroatoms. The zero-order valence-electron chi connectivity index (χ0n) is 24.2. The van der Waals surface area contributed by atoms with Gasteiger partial charge in [0.05, 0.1) is 11.5 Å². The topological polar surface area (TPSA) is 142 Å². The molecule has 3 aromatic carbocycles. The van der Waals surface area contributed by atoms with Crippen LogP contribution in [0.1, 0.15) is 61.3 Å². The van der Waals surface area contributed by atoms with Crippen molar-refractivity contribution in [3.63, 3.8) is 0 Å². The van der Waals surface area contributed by atoms with Gasteiger partial charge in [-0.3, -0.25) is 4.18 Å². The molecular weight excluding hydrogens is 588 g/mol. The number of rotatable bonds is 16. The number of nitrogens with two attached hydrogens (primary N) is 1. The zero-order valence-corrected chi connectivity index (χ0v) is 25.9. The highest BCUT2D eigenvalue weighted by Crippen LogP contribution is 2.24. The van der Waals surface area contributed by atoms with Crippen LogP contribution in [0.25, 0.3) is 0 Å². The molecule has 0 aliphatic rings. The standard InChI is InChI=1S/C32H38N2O7S2/c1-2-3-21-32(34-42(36)37,31(35)40-25-29-11-6-4-7-12-29)23-27-15-13-26(14-16-27)10-8-5-9-22-41-43(38,39)30-19-17-28(24-33)18-20-30/h4,6-7,11-20,42H,2-3,5,9,21-25,33H2,1H3,(H,34,36,37). The summed E-state index contributed by atoms with van der Waals surface area (Å²) in [6, 6.07) is 22.7. The van der Waals surface area contributed by atoms with Crippen molar-refractivity contribution >= 4 is 27.0 Å². The molecule has 0 aliphatic heterocycles. The molecule has 1 unspecified atom stereocenters. The molecule has 0 spiro atoms. The molecule has 0 bridgehead atoms. The van der Waals surface area contributed by atoms with E-state index in [0.717, 1.165) is 28.7 Å². The normalized spacial score (nSPS) is 12.7. The van der Waals surface area contributed by atoms with Gasteiger partial charge in [-0.15, -0.1) is 0 Å². The van der Waals surface area contributed by atoms with Crippen molar-refractivity contribution in [2.24, 2.45) is 5.73 Å². The molecule has 3 aromatic rings. The molecule has 230 valence electrons. The van der Waals surface area contributed by atoms with E-state index in [-0.39, 0.29) is 24.5 Å². The van der Waals surface area contributed by atoms with Crippen LogP contribution >= 0.6 is 0 Å². The third-order valence-electron chi connectivity index (χ3n) is 6.69. The number of benzene rings is 3. The van der Waals surface area contributed by atoms with Crippen LogP contribution in [0.2, 0.25) is 0 Å². The summed E-state index contributed by atoms with van der Waals surface area (Å²) in [6.45, 7) is 2.34. The molecule has 3 rings (SSSR count). The Bertz CT molecular complexity index is 1550. The van der Waals surface area contributed by atoms with Gasteiger partial charge in [-0.05, 0) is 53.8 Å². The molecule has 1 atom stereocenters. The first-order chi connectivity index (χ1) is 20.7. The Morgan fingerprint density at radius 1 is 0.930 bits per heavy atom. The van der Waals surface area contributed by atoms with Gasteiger partial charge in [0.25, 0.3) is 10.1 Å². The van der Waals surface area contributed by atoms with Crippen molar-refractivity contribution < 1.29 is 30.6 Å². The summed E-state index contributed by atoms with van der Waals surface area (Å²) in [4.78, 5) is 13.4. The van der Waals surface area contributed by atoms with Gasteiger partial charge in [0, 0.05) is 24.9 Å². The van der Waals surface area contributed by atoms with Crippen molar-refractivity contribution in [3.05, 3.63) is 101 Å². The molecule has 43 heavy (non-hydrogen) atoms. The average molecular weight is 627 g/mol. The largest absolute Gasteiger partial charge is 0.459 e. The van der Waals surface area contributed by atoms with E-state index in [1.807, 2.05) is 37.3 Å². The van der Waals surface area contributed by atoms with Gasteiger partial charge in [-0.25, -0.2) is 13.2 Å². The van der Waals surface area contributed by atoms with Crippen molar-refractivity contribution in [1.29, 1.82) is 0 Å². The van der Waals surface area contributed by atoms with Gasteiger partial charge in [0.1, 0.15) is 12.1 Å². The molecule has 3 N–H and O–H groups in total. The second-order valence-corrected chi connectivity index (χ2v) is 12.4. The minimum absolute atomic E-state index is 0.00375. The minimum atomic E-state index is -3.85. The Balaban J connectivity index is 1.59. The number of esters is 1. The Hall–Kier alpha value is -3.53. The summed E-state index contributed by atoms with van der Waals surface area (Å²) in [5.41, 5.74) is 7.23. The van der Waals surface area contributed by atoms with E-state index in [4.69, 9.17) is 14.7 Å². The lowest BCUT2D eigenvalue weighted by atomic mass is 9.86. The predicted octanol–water partition coefficient (Wildman–Crippen LogP) is 4.01. The monoisotopic (exact) mass is 626 g/mol. The molecule has 0 fully saturated rings. The van der Waals surface area contributed by atoms with Crippen LogP contribution in [-0.4, -0.2) is 35.0 Å². The molecule has 0 amide bonds. The number of ether oxygens (including phenoxy) is 1. The predicted molar refractivity (Wildman–Crippen MR) is 166 cm³/mol. The summed E-state index contributed by atoms with van der Waals surface area (Å²) in [6.07, 6.45) is 2.67. The fraction of sp³-hybridized carbons (Fsp3) is 0.344. The first kappa shape index (κ1) is 34.0. The lowest BCUT2D eigenvalue weighted by molar-refractivity contribution is -0.152. The summed E-state index contributed by atoms with van der Waals surface area (Å²) >= 11 is 0. The number of carbonyl (C=O) groups is 1. The van der Waals surface area contributed by atoms with Gasteiger partial charge in [0.15, 0.2) is 0 Å². The van der Waals surface area contributed by atoms with Crippen LogP contribution < -0.4 is 10.5 Å². The van der Waals surface area contributed by atoms with Gasteiger partial charge < -0.3 is 10.5 Å². The van der Waals surface area contributed by atoms with Crippen molar-refractivity contribution in [2.45, 2.75) is 69.0 Å². The van der Waals surface area contributed by atoms with Crippen LogP contribution in [0.15, 0.2) is 83.8 Å². The summed E-state index contributed by atoms with van der Waals surface area (Å²) < 4.78 is 61.4. The average Bonchev–Trinajstić information content (AvgIpc) is 3.01. The Morgan fingerprint density at radius 3 is 2.23 bits per heavy atom. The molecule has 0 heterocycles. The second kappa shape index (κ2) is 16.9. The van der Waals surface area contributed by atoms with Crippen LogP contribution in [0.4, 0.5) is 0 Å². The van der Waals surface area contributed by atoms with E-state index < -0.39 is 32.5 Å². The third kappa shape index (κ3) is 10.9. The maximum Gasteiger partial charge on any atom is 0.327 e. The van der Waals surface area contributed by atoms with E-state index in [1.165, 1.54) is 12.1 Å². The molecule has 0 radical (unpaired) electrons. The lowest BCUT2D eigenvalue weighted by Gasteiger charge is -2.30. The quantitative estimate of drug-likeness (QED) is 0.0712. The van der Waals surface area contributed by atoms with Gasteiger partial charge in [-0.2, -0.15) is 13.1 Å². The minimum Gasteiger partial charge on any atom is -0.459 e. The fourth-order valence-electron chi connectivity index (χ4n) is 4.33. The molecular formula is C32H38N2O7S2. The van der Waals surface area contributed by atoms with E-state index in [2.05, 4.69) is 16.6 Å². The van der Waals surface area contributed by atoms with Gasteiger partial charge >= 0.3 is 5.97 Å². The Kier molecular flexibility index (Phi) is 13.4. The highest BCUT2D eigenvalue weighted by Gasteiger charge is 2.40. The SMILES string of the molecule is CCCCC(Cc1ccc(C#CCCCOS(=O)(=O)c2ccc(CN)cc2)cc1)(N[SH](=O)=O)C(=O)OCc1ccccc1. The summed E-state index contributed by atoms with van der Waals surface area (Å²) in [5.74, 6) is 5.42. The number of hydrogen-bond donors (Lipinski definition) is 3. The van der Waals surface area contributed by atoms with Crippen LogP contribution in [-0.2, 0) is 54.3 Å². The number of unbranched alkanes of at least 4 members (excludes halogenated alkanes) is 2. The van der Waals surface area contributed by atoms with Crippen LogP contribution in [0.3, 0.4) is 0 Å². The maximum absolute atomic E-state index is 13.3. The number of carbonyl (C=O) groups excluding carboxylic acids is 1. The number of hydrogen-bond acceptors (Lipinski definition) is 8. The maximum atomic E-state index is 13.3. The number of nitrogens with one attached hydrogen (secondary N) is 1. The molecule has 9 nitrogen and oxygen atoms in total. The van der Waals surface area contributed by atoms with Crippen molar-refractivity contribution in [2.75, 3.05) is 6.61 Å².